The van der Waals surface area contributed by atoms with Crippen molar-refractivity contribution < 1.29 is 0 Å². The van der Waals surface area contributed by atoms with Crippen molar-refractivity contribution in [2.75, 3.05) is 0 Å². The molecule has 0 spiro atoms. The van der Waals surface area contributed by atoms with Gasteiger partial charge in [-0.3, -0.25) is 4.40 Å². The molecule has 4 nitrogen and oxygen atoms in total. The topological polar surface area (TPSA) is 56.2 Å². The molecule has 2 heterocycles. The van der Waals surface area contributed by atoms with Crippen LogP contribution in [0.4, 0.5) is 0 Å². The van der Waals surface area contributed by atoms with Gasteiger partial charge in [0.05, 0.1) is 5.25 Å². The van der Waals surface area contributed by atoms with E-state index in [1.165, 1.54) is 5.56 Å². The lowest BCUT2D eigenvalue weighted by Gasteiger charge is -2.20. The summed E-state index contributed by atoms with van der Waals surface area (Å²) in [5, 5.41) is 9.43. The quantitative estimate of drug-likeness (QED) is 0.719. The standard InChI is InChI=1S/C15H15BrN4S/c1-10(17)14(11-5-4-6-12(16)9-11)21-15-19-18-13-7-2-3-8-20(13)15/h2-10,14H,17H2,1H3. The van der Waals surface area contributed by atoms with E-state index in [-0.39, 0.29) is 11.3 Å². The van der Waals surface area contributed by atoms with Crippen molar-refractivity contribution in [1.29, 1.82) is 0 Å². The maximum Gasteiger partial charge on any atom is 0.196 e. The van der Waals surface area contributed by atoms with Gasteiger partial charge in [0.25, 0.3) is 0 Å². The zero-order valence-corrected chi connectivity index (χ0v) is 13.9. The van der Waals surface area contributed by atoms with Crippen LogP contribution in [-0.4, -0.2) is 20.6 Å². The third-order valence-electron chi connectivity index (χ3n) is 3.17. The van der Waals surface area contributed by atoms with E-state index in [0.717, 1.165) is 15.3 Å². The Hall–Kier alpha value is -1.37. The predicted octanol–water partition coefficient (Wildman–Crippen LogP) is 3.67. The van der Waals surface area contributed by atoms with Crippen molar-refractivity contribution in [3.63, 3.8) is 0 Å². The number of rotatable bonds is 4. The average molecular weight is 363 g/mol. The summed E-state index contributed by atoms with van der Waals surface area (Å²) in [7, 11) is 0. The minimum Gasteiger partial charge on any atom is -0.327 e. The first-order chi connectivity index (χ1) is 10.1. The number of pyridine rings is 1. The van der Waals surface area contributed by atoms with Crippen LogP contribution in [0.5, 0.6) is 0 Å². The number of halogens is 1. The van der Waals surface area contributed by atoms with Crippen LogP contribution in [-0.2, 0) is 0 Å². The summed E-state index contributed by atoms with van der Waals surface area (Å²) in [6.45, 7) is 2.02. The van der Waals surface area contributed by atoms with E-state index in [1.807, 2.05) is 47.9 Å². The van der Waals surface area contributed by atoms with Crippen LogP contribution in [0.15, 0.2) is 58.3 Å². The monoisotopic (exact) mass is 362 g/mol. The van der Waals surface area contributed by atoms with Gasteiger partial charge in [0.2, 0.25) is 0 Å². The Labute approximate surface area is 135 Å². The highest BCUT2D eigenvalue weighted by Crippen LogP contribution is 2.37. The molecule has 2 aromatic heterocycles. The van der Waals surface area contributed by atoms with Gasteiger partial charge in [-0.15, -0.1) is 10.2 Å². The van der Waals surface area contributed by atoms with E-state index in [1.54, 1.807) is 11.8 Å². The molecule has 2 unspecified atom stereocenters. The zero-order valence-electron chi connectivity index (χ0n) is 11.5. The molecule has 0 amide bonds. The van der Waals surface area contributed by atoms with Gasteiger partial charge >= 0.3 is 0 Å². The molecule has 0 aliphatic carbocycles. The lowest BCUT2D eigenvalue weighted by molar-refractivity contribution is 0.716. The second-order valence-electron chi connectivity index (χ2n) is 4.86. The third kappa shape index (κ3) is 3.12. The van der Waals surface area contributed by atoms with E-state index in [9.17, 15) is 0 Å². The summed E-state index contributed by atoms with van der Waals surface area (Å²) in [5.41, 5.74) is 8.21. The summed E-state index contributed by atoms with van der Waals surface area (Å²) in [5.74, 6) is 0. The number of thioether (sulfide) groups is 1. The van der Waals surface area contributed by atoms with E-state index < -0.39 is 0 Å². The van der Waals surface area contributed by atoms with Gasteiger partial charge in [0, 0.05) is 16.7 Å². The maximum atomic E-state index is 6.19. The van der Waals surface area contributed by atoms with Gasteiger partial charge in [0.15, 0.2) is 10.8 Å². The Morgan fingerprint density at radius 3 is 2.81 bits per heavy atom. The average Bonchev–Trinajstić information content (AvgIpc) is 2.87. The highest BCUT2D eigenvalue weighted by Gasteiger charge is 2.20. The van der Waals surface area contributed by atoms with Gasteiger partial charge in [0.1, 0.15) is 0 Å². The molecule has 0 bridgehead atoms. The number of nitrogens with zero attached hydrogens (tertiary/aromatic N) is 3. The second-order valence-corrected chi connectivity index (χ2v) is 6.89. The normalized spacial score (nSPS) is 14.2. The van der Waals surface area contributed by atoms with Crippen LogP contribution in [0.2, 0.25) is 0 Å². The smallest absolute Gasteiger partial charge is 0.196 e. The highest BCUT2D eigenvalue weighted by molar-refractivity contribution is 9.10. The van der Waals surface area contributed by atoms with Crippen molar-refractivity contribution in [2.45, 2.75) is 23.4 Å². The van der Waals surface area contributed by atoms with Crippen molar-refractivity contribution in [3.8, 4) is 0 Å². The number of hydrogen-bond acceptors (Lipinski definition) is 4. The Morgan fingerprint density at radius 1 is 1.19 bits per heavy atom. The van der Waals surface area contributed by atoms with E-state index in [2.05, 4.69) is 38.3 Å². The lowest BCUT2D eigenvalue weighted by atomic mass is 10.1. The van der Waals surface area contributed by atoms with Crippen LogP contribution in [0.1, 0.15) is 17.7 Å². The van der Waals surface area contributed by atoms with Crippen molar-refractivity contribution >= 4 is 33.3 Å². The number of nitrogens with two attached hydrogens (primary N) is 1. The summed E-state index contributed by atoms with van der Waals surface area (Å²) >= 11 is 5.15. The molecule has 0 fully saturated rings. The fraction of sp³-hybridized carbons (Fsp3) is 0.200. The summed E-state index contributed by atoms with van der Waals surface area (Å²) in [6.07, 6.45) is 1.97. The number of fused-ring (bicyclic) bond motifs is 1. The molecule has 3 rings (SSSR count). The largest absolute Gasteiger partial charge is 0.327 e. The number of aromatic nitrogens is 3. The molecule has 2 N–H and O–H groups in total. The van der Waals surface area contributed by atoms with Gasteiger partial charge in [-0.25, -0.2) is 0 Å². The Balaban J connectivity index is 1.96. The van der Waals surface area contributed by atoms with Crippen LogP contribution in [0.25, 0.3) is 5.65 Å². The molecule has 6 heteroatoms. The molecule has 2 atom stereocenters. The van der Waals surface area contributed by atoms with Crippen molar-refractivity contribution in [2.24, 2.45) is 5.73 Å². The molecule has 1 aromatic carbocycles. The molecule has 0 aliphatic rings. The third-order valence-corrected chi connectivity index (χ3v) is 5.11. The Kier molecular flexibility index (Phi) is 4.28. The van der Waals surface area contributed by atoms with Crippen LogP contribution in [0, 0.1) is 0 Å². The molecule has 3 aromatic rings. The Morgan fingerprint density at radius 2 is 2.05 bits per heavy atom. The van der Waals surface area contributed by atoms with Gasteiger partial charge in [-0.2, -0.15) is 0 Å². The van der Waals surface area contributed by atoms with E-state index in [0.29, 0.717) is 0 Å². The molecule has 0 saturated carbocycles. The fourth-order valence-electron chi connectivity index (χ4n) is 2.18. The Bertz CT molecular complexity index is 756. The fourth-order valence-corrected chi connectivity index (χ4v) is 3.67. The summed E-state index contributed by atoms with van der Waals surface area (Å²) < 4.78 is 3.04. The van der Waals surface area contributed by atoms with Crippen molar-refractivity contribution in [1.82, 2.24) is 14.6 Å². The van der Waals surface area contributed by atoms with E-state index >= 15 is 0 Å². The lowest BCUT2D eigenvalue weighted by Crippen LogP contribution is -2.22. The van der Waals surface area contributed by atoms with Crippen molar-refractivity contribution in [3.05, 3.63) is 58.7 Å². The van der Waals surface area contributed by atoms with Crippen LogP contribution >= 0.6 is 27.7 Å². The maximum absolute atomic E-state index is 6.19. The first-order valence-electron chi connectivity index (χ1n) is 6.62. The first-order valence-corrected chi connectivity index (χ1v) is 8.30. The number of benzene rings is 1. The zero-order chi connectivity index (χ0) is 14.8. The second kappa shape index (κ2) is 6.17. The first kappa shape index (κ1) is 14.6. The molecule has 0 aliphatic heterocycles. The van der Waals surface area contributed by atoms with E-state index in [4.69, 9.17) is 5.73 Å². The molecule has 108 valence electrons. The predicted molar refractivity (Wildman–Crippen MR) is 89.4 cm³/mol. The minimum absolute atomic E-state index is 0.000335. The van der Waals surface area contributed by atoms with Crippen LogP contribution in [0.3, 0.4) is 0 Å². The van der Waals surface area contributed by atoms with Gasteiger partial charge in [-0.1, -0.05) is 45.9 Å². The summed E-state index contributed by atoms with van der Waals surface area (Å²) in [6, 6.07) is 14.1. The number of hydrogen-bond donors (Lipinski definition) is 1. The SMILES string of the molecule is CC(N)C(Sc1nnc2ccccn12)c1cccc(Br)c1. The van der Waals surface area contributed by atoms with Gasteiger partial charge < -0.3 is 5.73 Å². The van der Waals surface area contributed by atoms with Gasteiger partial charge in [-0.05, 0) is 36.8 Å². The summed E-state index contributed by atoms with van der Waals surface area (Å²) in [4.78, 5) is 0. The molecule has 0 saturated heterocycles. The highest BCUT2D eigenvalue weighted by atomic mass is 79.9. The minimum atomic E-state index is 0.000335. The molecule has 0 radical (unpaired) electrons. The van der Waals surface area contributed by atoms with Crippen LogP contribution < -0.4 is 5.73 Å². The molecule has 21 heavy (non-hydrogen) atoms. The molecular formula is C15H15BrN4S. The molecular weight excluding hydrogens is 348 g/mol.